The molecular formula is C15H21NO3. The quantitative estimate of drug-likeness (QED) is 0.830. The molecular weight excluding hydrogens is 242 g/mol. The van der Waals surface area contributed by atoms with Gasteiger partial charge in [0.15, 0.2) is 0 Å². The molecule has 4 nitrogen and oxygen atoms in total. The Balaban J connectivity index is 2.09. The molecule has 1 fully saturated rings. The van der Waals surface area contributed by atoms with E-state index in [1.54, 1.807) is 7.11 Å². The summed E-state index contributed by atoms with van der Waals surface area (Å²) in [6.07, 6.45) is 1.81. The molecule has 19 heavy (non-hydrogen) atoms. The number of rotatable bonds is 5. The molecule has 1 aliphatic carbocycles. The number of nitrogens with one attached hydrogen (secondary N) is 1. The van der Waals surface area contributed by atoms with Gasteiger partial charge in [-0.15, -0.1) is 0 Å². The number of benzene rings is 1. The van der Waals surface area contributed by atoms with Gasteiger partial charge in [0.1, 0.15) is 5.75 Å². The molecule has 0 atom stereocenters. The van der Waals surface area contributed by atoms with E-state index in [0.29, 0.717) is 6.54 Å². The van der Waals surface area contributed by atoms with Crippen LogP contribution in [0.4, 0.5) is 5.69 Å². The molecule has 1 aromatic rings. The van der Waals surface area contributed by atoms with Crippen molar-refractivity contribution >= 4 is 11.7 Å². The molecule has 0 bridgehead atoms. The van der Waals surface area contributed by atoms with Crippen LogP contribution in [0.15, 0.2) is 12.1 Å². The third-order valence-corrected chi connectivity index (χ3v) is 4.05. The van der Waals surface area contributed by atoms with E-state index in [-0.39, 0.29) is 11.4 Å². The summed E-state index contributed by atoms with van der Waals surface area (Å²) in [7, 11) is 3.12. The summed E-state index contributed by atoms with van der Waals surface area (Å²) in [5.74, 6) is 0.778. The van der Waals surface area contributed by atoms with Crippen molar-refractivity contribution in [2.45, 2.75) is 26.7 Å². The van der Waals surface area contributed by atoms with Gasteiger partial charge in [-0.25, -0.2) is 0 Å². The number of hydrogen-bond donors (Lipinski definition) is 1. The van der Waals surface area contributed by atoms with Crippen molar-refractivity contribution in [3.8, 4) is 5.75 Å². The number of hydrogen-bond acceptors (Lipinski definition) is 4. The number of anilines is 1. The molecule has 0 radical (unpaired) electrons. The first-order valence-corrected chi connectivity index (χ1v) is 6.50. The Hall–Kier alpha value is -1.71. The summed E-state index contributed by atoms with van der Waals surface area (Å²) in [4.78, 5) is 11.7. The van der Waals surface area contributed by atoms with Crippen LogP contribution in [0.5, 0.6) is 5.75 Å². The van der Waals surface area contributed by atoms with Gasteiger partial charge in [0.2, 0.25) is 0 Å². The number of carbonyl (C=O) groups is 1. The van der Waals surface area contributed by atoms with Crippen LogP contribution in [0.2, 0.25) is 0 Å². The highest BCUT2D eigenvalue weighted by molar-refractivity contribution is 5.80. The SMILES string of the molecule is COC(=O)C1(CNc2ccc(OC)c(C)c2C)CC1. The highest BCUT2D eigenvalue weighted by Crippen LogP contribution is 2.46. The minimum Gasteiger partial charge on any atom is -0.496 e. The summed E-state index contributed by atoms with van der Waals surface area (Å²) in [6.45, 7) is 4.72. The minimum absolute atomic E-state index is 0.108. The second-order valence-electron chi connectivity index (χ2n) is 5.19. The van der Waals surface area contributed by atoms with Crippen molar-refractivity contribution in [3.05, 3.63) is 23.3 Å². The van der Waals surface area contributed by atoms with Gasteiger partial charge in [-0.3, -0.25) is 4.79 Å². The van der Waals surface area contributed by atoms with Crippen LogP contribution >= 0.6 is 0 Å². The topological polar surface area (TPSA) is 47.6 Å². The monoisotopic (exact) mass is 263 g/mol. The Morgan fingerprint density at radius 1 is 1.26 bits per heavy atom. The van der Waals surface area contributed by atoms with E-state index in [9.17, 15) is 4.79 Å². The van der Waals surface area contributed by atoms with Crippen LogP contribution in [0.25, 0.3) is 0 Å². The first kappa shape index (κ1) is 13.7. The van der Waals surface area contributed by atoms with E-state index < -0.39 is 0 Å². The maximum absolute atomic E-state index is 11.7. The highest BCUT2D eigenvalue weighted by Gasteiger charge is 2.50. The first-order chi connectivity index (χ1) is 9.04. The first-order valence-electron chi connectivity index (χ1n) is 6.50. The molecule has 0 spiro atoms. The molecule has 0 heterocycles. The summed E-state index contributed by atoms with van der Waals surface area (Å²) in [6, 6.07) is 3.94. The zero-order valence-corrected chi connectivity index (χ0v) is 12.0. The molecule has 0 saturated heterocycles. The maximum Gasteiger partial charge on any atom is 0.313 e. The second-order valence-corrected chi connectivity index (χ2v) is 5.19. The average molecular weight is 263 g/mol. The number of esters is 1. The average Bonchev–Trinajstić information content (AvgIpc) is 3.21. The molecule has 0 unspecified atom stereocenters. The standard InChI is InChI=1S/C15H21NO3/c1-10-11(2)13(18-3)6-5-12(10)16-9-15(7-8-15)14(17)19-4/h5-6,16H,7-9H2,1-4H3. The third kappa shape index (κ3) is 2.53. The lowest BCUT2D eigenvalue weighted by Crippen LogP contribution is -2.26. The largest absolute Gasteiger partial charge is 0.496 e. The van der Waals surface area contributed by atoms with Gasteiger partial charge in [-0.1, -0.05) is 0 Å². The van der Waals surface area contributed by atoms with Gasteiger partial charge in [0.05, 0.1) is 19.6 Å². The minimum atomic E-state index is -0.310. The maximum atomic E-state index is 11.7. The van der Waals surface area contributed by atoms with E-state index in [0.717, 1.165) is 35.4 Å². The lowest BCUT2D eigenvalue weighted by atomic mass is 10.0. The summed E-state index contributed by atoms with van der Waals surface area (Å²) >= 11 is 0. The summed E-state index contributed by atoms with van der Waals surface area (Å²) in [5.41, 5.74) is 3.01. The summed E-state index contributed by atoms with van der Waals surface area (Å²) < 4.78 is 10.1. The van der Waals surface area contributed by atoms with Crippen molar-refractivity contribution < 1.29 is 14.3 Å². The van der Waals surface area contributed by atoms with Crippen LogP contribution in [-0.2, 0) is 9.53 Å². The van der Waals surface area contributed by atoms with Crippen LogP contribution in [0.1, 0.15) is 24.0 Å². The van der Waals surface area contributed by atoms with E-state index in [1.807, 2.05) is 19.1 Å². The van der Waals surface area contributed by atoms with Crippen molar-refractivity contribution in [1.29, 1.82) is 0 Å². The Morgan fingerprint density at radius 2 is 1.95 bits per heavy atom. The molecule has 0 aliphatic heterocycles. The van der Waals surface area contributed by atoms with Crippen molar-refractivity contribution in [1.82, 2.24) is 0 Å². The zero-order valence-electron chi connectivity index (χ0n) is 12.0. The van der Waals surface area contributed by atoms with Crippen LogP contribution in [0, 0.1) is 19.3 Å². The number of ether oxygens (including phenoxy) is 2. The second kappa shape index (κ2) is 5.11. The molecule has 1 aliphatic rings. The number of carbonyl (C=O) groups excluding carboxylic acids is 1. The van der Waals surface area contributed by atoms with E-state index in [1.165, 1.54) is 7.11 Å². The summed E-state index contributed by atoms with van der Waals surface area (Å²) in [5, 5.41) is 3.37. The predicted octanol–water partition coefficient (Wildman–Crippen LogP) is 2.68. The van der Waals surface area contributed by atoms with Crippen molar-refractivity contribution in [2.75, 3.05) is 26.1 Å². The van der Waals surface area contributed by atoms with Crippen LogP contribution < -0.4 is 10.1 Å². The molecule has 2 rings (SSSR count). The molecule has 4 heteroatoms. The van der Waals surface area contributed by atoms with Gasteiger partial charge < -0.3 is 14.8 Å². The molecule has 1 aromatic carbocycles. The zero-order chi connectivity index (χ0) is 14.0. The molecule has 104 valence electrons. The van der Waals surface area contributed by atoms with Gasteiger partial charge in [0, 0.05) is 12.2 Å². The van der Waals surface area contributed by atoms with Gasteiger partial charge in [-0.05, 0) is 49.9 Å². The van der Waals surface area contributed by atoms with E-state index in [4.69, 9.17) is 9.47 Å². The fourth-order valence-electron chi connectivity index (χ4n) is 2.29. The number of methoxy groups -OCH3 is 2. The van der Waals surface area contributed by atoms with Gasteiger partial charge in [0.25, 0.3) is 0 Å². The Labute approximate surface area is 114 Å². The Kier molecular flexibility index (Phi) is 3.69. The molecule has 0 amide bonds. The van der Waals surface area contributed by atoms with Crippen LogP contribution in [-0.4, -0.2) is 26.7 Å². The predicted molar refractivity (Wildman–Crippen MR) is 74.6 cm³/mol. The molecule has 1 N–H and O–H groups in total. The lowest BCUT2D eigenvalue weighted by molar-refractivity contribution is -0.146. The smallest absolute Gasteiger partial charge is 0.313 e. The van der Waals surface area contributed by atoms with Gasteiger partial charge in [-0.2, -0.15) is 0 Å². The normalized spacial score (nSPS) is 15.8. The fraction of sp³-hybridized carbons (Fsp3) is 0.533. The molecule has 0 aromatic heterocycles. The van der Waals surface area contributed by atoms with Crippen molar-refractivity contribution in [3.63, 3.8) is 0 Å². The van der Waals surface area contributed by atoms with E-state index >= 15 is 0 Å². The Bertz CT molecular complexity index is 492. The Morgan fingerprint density at radius 3 is 2.47 bits per heavy atom. The lowest BCUT2D eigenvalue weighted by Gasteiger charge is -2.18. The molecule has 1 saturated carbocycles. The van der Waals surface area contributed by atoms with Gasteiger partial charge >= 0.3 is 5.97 Å². The third-order valence-electron chi connectivity index (χ3n) is 4.05. The highest BCUT2D eigenvalue weighted by atomic mass is 16.5. The van der Waals surface area contributed by atoms with Crippen molar-refractivity contribution in [2.24, 2.45) is 5.41 Å². The van der Waals surface area contributed by atoms with E-state index in [2.05, 4.69) is 12.2 Å². The van der Waals surface area contributed by atoms with Crippen LogP contribution in [0.3, 0.4) is 0 Å². The fourth-order valence-corrected chi connectivity index (χ4v) is 2.29.